The van der Waals surface area contributed by atoms with Crippen LogP contribution in [0.5, 0.6) is 5.75 Å². The average molecular weight is 333 g/mol. The number of hydrogen-bond donors (Lipinski definition) is 0. The molecule has 0 atom stereocenters. The molecule has 0 N–H and O–H groups in total. The van der Waals surface area contributed by atoms with E-state index in [0.29, 0.717) is 19.1 Å². The Balaban J connectivity index is 1.44. The van der Waals surface area contributed by atoms with Gasteiger partial charge in [0.2, 0.25) is 0 Å². The number of azide groups is 1. The highest BCUT2D eigenvalue weighted by molar-refractivity contribution is 5.51. The van der Waals surface area contributed by atoms with Gasteiger partial charge in [-0.05, 0) is 66.0 Å². The summed E-state index contributed by atoms with van der Waals surface area (Å²) in [5.74, 6) is 1.48. The lowest BCUT2D eigenvalue weighted by molar-refractivity contribution is 0.308. The van der Waals surface area contributed by atoms with Crippen LogP contribution < -0.4 is 4.74 Å². The smallest absolute Gasteiger partial charge is 0.119 e. The minimum Gasteiger partial charge on any atom is -0.494 e. The molecule has 0 saturated heterocycles. The van der Waals surface area contributed by atoms with Crippen LogP contribution >= 0.6 is 0 Å². The number of benzene rings is 2. The van der Waals surface area contributed by atoms with E-state index in [-0.39, 0.29) is 0 Å². The van der Waals surface area contributed by atoms with E-state index in [2.05, 4.69) is 58.6 Å². The molecule has 0 radical (unpaired) electrons. The zero-order valence-corrected chi connectivity index (χ0v) is 14.3. The zero-order chi connectivity index (χ0) is 17.3. The second-order valence-corrected chi connectivity index (χ2v) is 6.38. The maximum Gasteiger partial charge on any atom is 0.119 e. The first kappa shape index (κ1) is 17.1. The molecule has 25 heavy (non-hydrogen) atoms. The summed E-state index contributed by atoms with van der Waals surface area (Å²) in [6, 6.07) is 16.9. The van der Waals surface area contributed by atoms with Crippen molar-refractivity contribution < 1.29 is 4.74 Å². The third-order valence-electron chi connectivity index (χ3n) is 4.51. The highest BCUT2D eigenvalue weighted by Gasteiger charge is 2.18. The van der Waals surface area contributed by atoms with Gasteiger partial charge in [-0.15, -0.1) is 0 Å². The molecule has 0 aliphatic heterocycles. The molecule has 3 rings (SSSR count). The Labute approximate surface area is 148 Å². The molecule has 0 fully saturated rings. The quantitative estimate of drug-likeness (QED) is 0.269. The van der Waals surface area contributed by atoms with Crippen LogP contribution in [-0.4, -0.2) is 13.2 Å². The van der Waals surface area contributed by atoms with E-state index in [1.54, 1.807) is 0 Å². The molecule has 2 aromatic carbocycles. The van der Waals surface area contributed by atoms with Gasteiger partial charge in [0.15, 0.2) is 0 Å². The van der Waals surface area contributed by atoms with Crippen molar-refractivity contribution in [3.05, 3.63) is 81.7 Å². The lowest BCUT2D eigenvalue weighted by atomic mass is 10.0. The molecule has 0 saturated carbocycles. The van der Waals surface area contributed by atoms with Crippen LogP contribution in [0.15, 0.2) is 59.7 Å². The van der Waals surface area contributed by atoms with Gasteiger partial charge < -0.3 is 4.74 Å². The Morgan fingerprint density at radius 3 is 2.44 bits per heavy atom. The molecular weight excluding hydrogens is 310 g/mol. The average Bonchev–Trinajstić information content (AvgIpc) is 3.07. The third-order valence-corrected chi connectivity index (χ3v) is 4.51. The van der Waals surface area contributed by atoms with Crippen LogP contribution in [0.4, 0.5) is 0 Å². The number of unbranched alkanes of at least 4 members (excludes halogenated alkanes) is 1. The van der Waals surface area contributed by atoms with Gasteiger partial charge >= 0.3 is 0 Å². The fourth-order valence-corrected chi connectivity index (χ4v) is 3.17. The van der Waals surface area contributed by atoms with Crippen molar-refractivity contribution in [3.8, 4) is 5.75 Å². The lowest BCUT2D eigenvalue weighted by Gasteiger charge is -2.06. The normalized spacial score (nSPS) is 13.6. The van der Waals surface area contributed by atoms with Gasteiger partial charge in [0.1, 0.15) is 5.75 Å². The van der Waals surface area contributed by atoms with Crippen LogP contribution in [0.3, 0.4) is 0 Å². The standard InChI is InChI=1S/C21H23N3O/c22-24-23-13-3-4-14-25-21-11-9-17(10-12-21)7-8-18-15-19-5-1-2-6-20(19)16-18/h1-2,5-12,18H,3-4,13-16H2/b8-7+. The van der Waals surface area contributed by atoms with Crippen LogP contribution in [-0.2, 0) is 12.8 Å². The van der Waals surface area contributed by atoms with Crippen molar-refractivity contribution >= 4 is 6.08 Å². The molecule has 4 nitrogen and oxygen atoms in total. The van der Waals surface area contributed by atoms with Crippen molar-refractivity contribution in [1.82, 2.24) is 0 Å². The predicted molar refractivity (Wildman–Crippen MR) is 102 cm³/mol. The topological polar surface area (TPSA) is 58.0 Å². The van der Waals surface area contributed by atoms with Crippen LogP contribution in [0, 0.1) is 5.92 Å². The highest BCUT2D eigenvalue weighted by atomic mass is 16.5. The van der Waals surface area contributed by atoms with Gasteiger partial charge in [-0.1, -0.05) is 53.7 Å². The van der Waals surface area contributed by atoms with Crippen LogP contribution in [0.2, 0.25) is 0 Å². The van der Waals surface area contributed by atoms with E-state index in [1.807, 2.05) is 12.1 Å². The Morgan fingerprint density at radius 2 is 1.76 bits per heavy atom. The summed E-state index contributed by atoms with van der Waals surface area (Å²) in [5, 5.41) is 3.51. The molecular formula is C21H23N3O. The fraction of sp³-hybridized carbons (Fsp3) is 0.333. The zero-order valence-electron chi connectivity index (χ0n) is 14.3. The summed E-state index contributed by atoms with van der Waals surface area (Å²) < 4.78 is 5.70. The van der Waals surface area contributed by atoms with E-state index in [9.17, 15) is 0 Å². The van der Waals surface area contributed by atoms with Crippen molar-refractivity contribution in [2.75, 3.05) is 13.2 Å². The van der Waals surface area contributed by atoms with Gasteiger partial charge in [-0.2, -0.15) is 0 Å². The number of nitrogens with zero attached hydrogens (tertiary/aromatic N) is 3. The minimum absolute atomic E-state index is 0.536. The Kier molecular flexibility index (Phi) is 6.13. The summed E-state index contributed by atoms with van der Waals surface area (Å²) in [7, 11) is 0. The Hall–Kier alpha value is -2.71. The first-order chi connectivity index (χ1) is 12.3. The van der Waals surface area contributed by atoms with Gasteiger partial charge in [0.25, 0.3) is 0 Å². The van der Waals surface area contributed by atoms with Gasteiger partial charge in [-0.25, -0.2) is 0 Å². The second kappa shape index (κ2) is 8.95. The van der Waals surface area contributed by atoms with E-state index >= 15 is 0 Å². The Morgan fingerprint density at radius 1 is 1.04 bits per heavy atom. The molecule has 0 spiro atoms. The Bertz CT molecular complexity index is 736. The lowest BCUT2D eigenvalue weighted by Crippen LogP contribution is -1.98. The molecule has 0 unspecified atom stereocenters. The summed E-state index contributed by atoms with van der Waals surface area (Å²) in [4.78, 5) is 2.74. The maximum absolute atomic E-state index is 8.21. The number of allylic oxidation sites excluding steroid dienone is 1. The third kappa shape index (κ3) is 5.13. The van der Waals surface area contributed by atoms with Crippen molar-refractivity contribution in [2.45, 2.75) is 25.7 Å². The molecule has 4 heteroatoms. The summed E-state index contributed by atoms with van der Waals surface area (Å²) in [5.41, 5.74) is 12.4. The van der Waals surface area contributed by atoms with Crippen LogP contribution in [0.1, 0.15) is 29.5 Å². The predicted octanol–water partition coefficient (Wildman–Crippen LogP) is 5.58. The minimum atomic E-state index is 0.536. The summed E-state index contributed by atoms with van der Waals surface area (Å²) in [6.45, 7) is 1.19. The first-order valence-corrected chi connectivity index (χ1v) is 8.84. The second-order valence-electron chi connectivity index (χ2n) is 6.38. The molecule has 0 heterocycles. The molecule has 0 aromatic heterocycles. The summed E-state index contributed by atoms with van der Waals surface area (Å²) >= 11 is 0. The van der Waals surface area contributed by atoms with Gasteiger partial charge in [0, 0.05) is 11.5 Å². The van der Waals surface area contributed by atoms with Crippen molar-refractivity contribution in [1.29, 1.82) is 0 Å². The molecule has 128 valence electrons. The molecule has 2 aromatic rings. The van der Waals surface area contributed by atoms with Gasteiger partial charge in [0.05, 0.1) is 6.61 Å². The number of fused-ring (bicyclic) bond motifs is 1. The fourth-order valence-electron chi connectivity index (χ4n) is 3.17. The van der Waals surface area contributed by atoms with E-state index in [4.69, 9.17) is 10.3 Å². The number of rotatable bonds is 8. The van der Waals surface area contributed by atoms with E-state index < -0.39 is 0 Å². The molecule has 1 aliphatic rings. The summed E-state index contributed by atoms with van der Waals surface area (Å²) in [6.07, 6.45) is 8.57. The number of hydrogen-bond acceptors (Lipinski definition) is 2. The molecule has 0 amide bonds. The molecule has 1 aliphatic carbocycles. The van der Waals surface area contributed by atoms with Crippen molar-refractivity contribution in [3.63, 3.8) is 0 Å². The largest absolute Gasteiger partial charge is 0.494 e. The SMILES string of the molecule is [N-]=[N+]=NCCCCOc1ccc(/C=C/C2Cc3ccccc3C2)cc1. The van der Waals surface area contributed by atoms with E-state index in [0.717, 1.165) is 31.4 Å². The highest BCUT2D eigenvalue weighted by Crippen LogP contribution is 2.27. The van der Waals surface area contributed by atoms with E-state index in [1.165, 1.54) is 16.7 Å². The van der Waals surface area contributed by atoms with Crippen molar-refractivity contribution in [2.24, 2.45) is 11.0 Å². The maximum atomic E-state index is 8.21. The monoisotopic (exact) mass is 333 g/mol. The molecule has 0 bridgehead atoms. The van der Waals surface area contributed by atoms with Gasteiger partial charge in [-0.3, -0.25) is 0 Å². The number of ether oxygens (including phenoxy) is 1. The first-order valence-electron chi connectivity index (χ1n) is 8.84. The van der Waals surface area contributed by atoms with Crippen LogP contribution in [0.25, 0.3) is 16.5 Å².